The molecular formula is C30H34N4O5. The van der Waals surface area contributed by atoms with Gasteiger partial charge in [-0.15, -0.1) is 0 Å². The van der Waals surface area contributed by atoms with Gasteiger partial charge in [-0.25, -0.2) is 0 Å². The number of fused-ring (bicyclic) bond motifs is 3. The Kier molecular flexibility index (Phi) is 7.52. The highest BCUT2D eigenvalue weighted by molar-refractivity contribution is 5.96. The maximum atomic E-state index is 13.6. The summed E-state index contributed by atoms with van der Waals surface area (Å²) in [6.07, 6.45) is 2.99. The number of carbonyl (C=O) groups is 2. The van der Waals surface area contributed by atoms with Gasteiger partial charge in [-0.05, 0) is 47.9 Å². The highest BCUT2D eigenvalue weighted by Crippen LogP contribution is 2.43. The molecule has 0 saturated carbocycles. The highest BCUT2D eigenvalue weighted by Gasteiger charge is 2.41. The molecule has 1 aromatic heterocycles. The minimum atomic E-state index is -0.821. The van der Waals surface area contributed by atoms with Gasteiger partial charge < -0.3 is 20.1 Å². The molecule has 9 nitrogen and oxygen atoms in total. The van der Waals surface area contributed by atoms with Gasteiger partial charge in [-0.1, -0.05) is 62.4 Å². The molecular weight excluding hydrogens is 496 g/mol. The summed E-state index contributed by atoms with van der Waals surface area (Å²) in [7, 11) is 0. The number of esters is 1. The van der Waals surface area contributed by atoms with Gasteiger partial charge in [-0.2, -0.15) is 5.10 Å². The van der Waals surface area contributed by atoms with E-state index in [0.717, 1.165) is 19.0 Å². The third-order valence-electron chi connectivity index (χ3n) is 7.78. The minimum Gasteiger partial charge on any atom is -0.451 e. The Balaban J connectivity index is 1.60. The van der Waals surface area contributed by atoms with Crippen LogP contribution in [0.15, 0.2) is 59.5 Å². The Morgan fingerprint density at radius 1 is 1.05 bits per heavy atom. The summed E-state index contributed by atoms with van der Waals surface area (Å²) in [6.45, 7) is 5.85. The largest absolute Gasteiger partial charge is 0.451 e. The number of aryl methyl sites for hydroxylation is 2. The Bertz CT molecular complexity index is 1400. The molecule has 9 heteroatoms. The summed E-state index contributed by atoms with van der Waals surface area (Å²) >= 11 is 0. The van der Waals surface area contributed by atoms with E-state index in [1.54, 1.807) is 23.4 Å². The number of nitrogens with two attached hydrogens (primary N) is 1. The summed E-state index contributed by atoms with van der Waals surface area (Å²) in [5.41, 5.74) is 10.2. The molecule has 1 aliphatic heterocycles. The van der Waals surface area contributed by atoms with Crippen molar-refractivity contribution >= 4 is 11.9 Å². The van der Waals surface area contributed by atoms with Crippen LogP contribution < -0.4 is 15.9 Å². The molecule has 1 amide bonds. The lowest BCUT2D eigenvalue weighted by Gasteiger charge is -2.39. The maximum Gasteiger partial charge on any atom is 0.326 e. The molecule has 3 aromatic rings. The van der Waals surface area contributed by atoms with Gasteiger partial charge in [-0.3, -0.25) is 19.1 Å². The third-order valence-corrected chi connectivity index (χ3v) is 7.78. The van der Waals surface area contributed by atoms with Crippen molar-refractivity contribution in [3.8, 4) is 5.75 Å². The number of hydrogen-bond acceptors (Lipinski definition) is 7. The van der Waals surface area contributed by atoms with Crippen molar-refractivity contribution < 1.29 is 19.1 Å². The van der Waals surface area contributed by atoms with Crippen LogP contribution in [0.4, 0.5) is 0 Å². The van der Waals surface area contributed by atoms with Crippen molar-refractivity contribution in [2.24, 2.45) is 11.7 Å². The molecule has 2 aliphatic rings. The topological polar surface area (TPSA) is 117 Å². The van der Waals surface area contributed by atoms with E-state index in [1.165, 1.54) is 22.3 Å². The van der Waals surface area contributed by atoms with E-state index in [1.807, 2.05) is 19.1 Å². The fourth-order valence-corrected chi connectivity index (χ4v) is 5.59. The van der Waals surface area contributed by atoms with Crippen LogP contribution in [-0.4, -0.2) is 52.5 Å². The molecule has 1 aliphatic carbocycles. The van der Waals surface area contributed by atoms with Crippen LogP contribution in [0.3, 0.4) is 0 Å². The fourth-order valence-electron chi connectivity index (χ4n) is 5.59. The number of nitrogens with zero attached hydrogens (tertiary/aromatic N) is 3. The second kappa shape index (κ2) is 11.0. The number of benzene rings is 2. The lowest BCUT2D eigenvalue weighted by molar-refractivity contribution is -0.152. The summed E-state index contributed by atoms with van der Waals surface area (Å²) in [4.78, 5) is 40.5. The molecule has 2 heterocycles. The quantitative estimate of drug-likeness (QED) is 0.369. The molecule has 0 radical (unpaired) electrons. The van der Waals surface area contributed by atoms with E-state index >= 15 is 0 Å². The van der Waals surface area contributed by atoms with E-state index in [2.05, 4.69) is 41.5 Å². The predicted molar refractivity (Wildman–Crippen MR) is 146 cm³/mol. The minimum absolute atomic E-state index is 0.0593. The normalized spacial score (nSPS) is 17.6. The Labute approximate surface area is 227 Å². The molecule has 2 unspecified atom stereocenters. The molecule has 0 spiro atoms. The summed E-state index contributed by atoms with van der Waals surface area (Å²) in [5.74, 6) is -1.40. The van der Waals surface area contributed by atoms with Crippen molar-refractivity contribution in [2.75, 3.05) is 19.9 Å². The zero-order valence-electron chi connectivity index (χ0n) is 22.5. The average molecular weight is 531 g/mol. The lowest BCUT2D eigenvalue weighted by Crippen LogP contribution is -2.47. The second-order valence-corrected chi connectivity index (χ2v) is 10.4. The molecule has 5 rings (SSSR count). The third kappa shape index (κ3) is 4.94. The number of rotatable bonds is 7. The van der Waals surface area contributed by atoms with E-state index in [-0.39, 0.29) is 35.2 Å². The highest BCUT2D eigenvalue weighted by atomic mass is 16.7. The van der Waals surface area contributed by atoms with E-state index < -0.39 is 24.2 Å². The van der Waals surface area contributed by atoms with Gasteiger partial charge in [0.2, 0.25) is 18.0 Å². The molecule has 2 aromatic carbocycles. The Morgan fingerprint density at radius 2 is 1.67 bits per heavy atom. The molecule has 2 atom stereocenters. The standard InChI is InChI=1S/C30H34N4O5/c1-4-33-16-23(25-21-11-7-5-9-19(21)13-14-20-10-6-8-12-22(20)25)34-27(29(33)36)28(24(35)15-32-34)38-17-39-30(37)26(31)18(2)3/h5-12,15,18,23,25-26H,4,13-14,16-17,31H2,1-3H3. The fraction of sp³-hybridized carbons (Fsp3) is 0.400. The smallest absolute Gasteiger partial charge is 0.326 e. The first kappa shape index (κ1) is 26.6. The number of aromatic nitrogens is 2. The van der Waals surface area contributed by atoms with Crippen LogP contribution in [-0.2, 0) is 22.4 Å². The zero-order chi connectivity index (χ0) is 27.7. The summed E-state index contributed by atoms with van der Waals surface area (Å²) in [5, 5.41) is 4.48. The van der Waals surface area contributed by atoms with Crippen molar-refractivity contribution in [2.45, 2.75) is 51.6 Å². The number of carbonyl (C=O) groups excluding carboxylic acids is 2. The molecule has 0 fully saturated rings. The first-order valence-electron chi connectivity index (χ1n) is 13.4. The summed E-state index contributed by atoms with van der Waals surface area (Å²) < 4.78 is 12.5. The van der Waals surface area contributed by atoms with Gasteiger partial charge in [0.25, 0.3) is 5.91 Å². The predicted octanol–water partition coefficient (Wildman–Crippen LogP) is 3.05. The van der Waals surface area contributed by atoms with Gasteiger partial charge >= 0.3 is 5.97 Å². The SMILES string of the molecule is CCN1CC(C2c3ccccc3CCc3ccccc32)n2ncc(=O)c(OCOC(=O)C(N)C(C)C)c2C1=O. The average Bonchev–Trinajstić information content (AvgIpc) is 3.11. The van der Waals surface area contributed by atoms with E-state index in [9.17, 15) is 14.4 Å². The lowest BCUT2D eigenvalue weighted by atomic mass is 9.81. The number of amides is 1. The van der Waals surface area contributed by atoms with Crippen LogP contribution in [0.1, 0.15) is 65.5 Å². The van der Waals surface area contributed by atoms with Crippen molar-refractivity contribution in [1.82, 2.24) is 14.7 Å². The van der Waals surface area contributed by atoms with Crippen LogP contribution in [0.2, 0.25) is 0 Å². The Morgan fingerprint density at radius 3 is 2.26 bits per heavy atom. The molecule has 0 saturated heterocycles. The number of ether oxygens (including phenoxy) is 2. The monoisotopic (exact) mass is 530 g/mol. The molecule has 2 N–H and O–H groups in total. The first-order valence-corrected chi connectivity index (χ1v) is 13.4. The van der Waals surface area contributed by atoms with Crippen molar-refractivity contribution in [3.05, 3.63) is 92.9 Å². The van der Waals surface area contributed by atoms with E-state index in [4.69, 9.17) is 15.2 Å². The Hall–Kier alpha value is -3.98. The molecule has 204 valence electrons. The number of hydrogen-bond donors (Lipinski definition) is 1. The first-order chi connectivity index (χ1) is 18.8. The van der Waals surface area contributed by atoms with Gasteiger partial charge in [0.1, 0.15) is 6.04 Å². The van der Waals surface area contributed by atoms with Crippen LogP contribution in [0.5, 0.6) is 5.75 Å². The summed E-state index contributed by atoms with van der Waals surface area (Å²) in [6, 6.07) is 15.7. The van der Waals surface area contributed by atoms with E-state index in [0.29, 0.717) is 13.1 Å². The van der Waals surface area contributed by atoms with Gasteiger partial charge in [0.05, 0.1) is 12.2 Å². The number of likely N-dealkylation sites (N-methyl/N-ethyl adjacent to an activating group) is 1. The van der Waals surface area contributed by atoms with Crippen LogP contribution in [0.25, 0.3) is 0 Å². The maximum absolute atomic E-state index is 13.6. The van der Waals surface area contributed by atoms with Gasteiger partial charge in [0, 0.05) is 19.0 Å². The second-order valence-electron chi connectivity index (χ2n) is 10.4. The molecule has 0 bridgehead atoms. The van der Waals surface area contributed by atoms with Crippen molar-refractivity contribution in [3.63, 3.8) is 0 Å². The van der Waals surface area contributed by atoms with Gasteiger partial charge in [0.15, 0.2) is 5.69 Å². The zero-order valence-corrected chi connectivity index (χ0v) is 22.5. The van der Waals surface area contributed by atoms with Crippen LogP contribution >= 0.6 is 0 Å². The molecule has 39 heavy (non-hydrogen) atoms. The van der Waals surface area contributed by atoms with Crippen molar-refractivity contribution in [1.29, 1.82) is 0 Å². The van der Waals surface area contributed by atoms with Crippen LogP contribution in [0, 0.1) is 5.92 Å².